The van der Waals surface area contributed by atoms with Crippen molar-refractivity contribution in [3.05, 3.63) is 52.3 Å². The molecule has 1 aromatic heterocycles. The van der Waals surface area contributed by atoms with Crippen molar-refractivity contribution in [2.75, 3.05) is 26.3 Å². The summed E-state index contributed by atoms with van der Waals surface area (Å²) in [5, 5.41) is 0. The van der Waals surface area contributed by atoms with Gasteiger partial charge >= 0.3 is 0 Å². The Hall–Kier alpha value is -1.96. The van der Waals surface area contributed by atoms with Crippen LogP contribution in [0.4, 0.5) is 0 Å². The molecule has 6 nitrogen and oxygen atoms in total. The quantitative estimate of drug-likeness (QED) is 0.694. The van der Waals surface area contributed by atoms with E-state index in [0.717, 1.165) is 36.8 Å². The molecule has 4 rings (SSSR count). The zero-order valence-corrected chi connectivity index (χ0v) is 17.0. The van der Waals surface area contributed by atoms with Gasteiger partial charge in [0.05, 0.1) is 24.7 Å². The van der Waals surface area contributed by atoms with Gasteiger partial charge in [0.2, 0.25) is 10.0 Å². The van der Waals surface area contributed by atoms with E-state index in [2.05, 4.69) is 4.57 Å². The molecule has 0 N–H and O–H groups in total. The Morgan fingerprint density at radius 3 is 2.64 bits per heavy atom. The van der Waals surface area contributed by atoms with Gasteiger partial charge in [0.25, 0.3) is 0 Å². The van der Waals surface area contributed by atoms with Crippen molar-refractivity contribution in [3.63, 3.8) is 0 Å². The summed E-state index contributed by atoms with van der Waals surface area (Å²) in [6, 6.07) is 7.29. The number of benzene rings is 1. The molecule has 1 fully saturated rings. The number of hydrogen-bond acceptors (Lipinski definition) is 4. The van der Waals surface area contributed by atoms with Gasteiger partial charge in [-0.05, 0) is 48.9 Å². The number of fused-ring (bicyclic) bond motifs is 1. The topological polar surface area (TPSA) is 68.6 Å². The molecule has 1 aromatic carbocycles. The second kappa shape index (κ2) is 7.81. The number of carbonyl (C=O) groups is 1. The lowest BCUT2D eigenvalue weighted by Crippen LogP contribution is -2.40. The number of hydrogen-bond donors (Lipinski definition) is 0. The highest BCUT2D eigenvalue weighted by molar-refractivity contribution is 7.89. The highest BCUT2D eigenvalue weighted by Gasteiger charge is 2.30. The van der Waals surface area contributed by atoms with Crippen LogP contribution in [0.15, 0.2) is 29.2 Å². The molecule has 28 heavy (non-hydrogen) atoms. The average molecular weight is 403 g/mol. The third-order valence-corrected chi connectivity index (χ3v) is 7.90. The van der Waals surface area contributed by atoms with E-state index >= 15 is 0 Å². The van der Waals surface area contributed by atoms with Crippen LogP contribution in [0.1, 0.15) is 34.5 Å². The maximum absolute atomic E-state index is 13.2. The SMILES string of the molecule is Cc1c(Cc2ccccc2S(=O)(=O)N2CCOCC2)c2c(n1CC=O)CCC2. The molecule has 0 unspecified atom stereocenters. The average Bonchev–Trinajstić information content (AvgIpc) is 3.27. The zero-order valence-electron chi connectivity index (χ0n) is 16.2. The molecule has 0 atom stereocenters. The number of aromatic nitrogens is 1. The van der Waals surface area contributed by atoms with Crippen molar-refractivity contribution in [2.24, 2.45) is 0 Å². The Morgan fingerprint density at radius 2 is 1.89 bits per heavy atom. The number of rotatable bonds is 6. The molecule has 0 radical (unpaired) electrons. The molecule has 0 bridgehead atoms. The third-order valence-electron chi connectivity index (χ3n) is 5.91. The molecule has 2 aromatic rings. The van der Waals surface area contributed by atoms with Gasteiger partial charge in [0, 0.05) is 30.9 Å². The zero-order chi connectivity index (χ0) is 19.7. The molecular weight excluding hydrogens is 376 g/mol. The van der Waals surface area contributed by atoms with E-state index in [9.17, 15) is 13.2 Å². The summed E-state index contributed by atoms with van der Waals surface area (Å²) in [5.74, 6) is 0. The van der Waals surface area contributed by atoms with Gasteiger partial charge in [-0.1, -0.05) is 18.2 Å². The van der Waals surface area contributed by atoms with E-state index < -0.39 is 10.0 Å². The minimum Gasteiger partial charge on any atom is -0.379 e. The number of aldehydes is 1. The van der Waals surface area contributed by atoms with E-state index in [1.54, 1.807) is 12.1 Å². The van der Waals surface area contributed by atoms with Crippen LogP contribution < -0.4 is 0 Å². The van der Waals surface area contributed by atoms with E-state index in [1.165, 1.54) is 21.1 Å². The van der Waals surface area contributed by atoms with Crippen LogP contribution in [-0.4, -0.2) is 49.9 Å². The lowest BCUT2D eigenvalue weighted by molar-refractivity contribution is -0.108. The summed E-state index contributed by atoms with van der Waals surface area (Å²) in [5.41, 5.74) is 5.62. The summed E-state index contributed by atoms with van der Waals surface area (Å²) >= 11 is 0. The molecule has 1 saturated heterocycles. The summed E-state index contributed by atoms with van der Waals surface area (Å²) in [6.07, 6.45) is 4.57. The Morgan fingerprint density at radius 1 is 1.14 bits per heavy atom. The van der Waals surface area contributed by atoms with Crippen LogP contribution >= 0.6 is 0 Å². The van der Waals surface area contributed by atoms with E-state index in [1.807, 2.05) is 19.1 Å². The molecule has 0 saturated carbocycles. The first-order chi connectivity index (χ1) is 13.5. The second-order valence-electron chi connectivity index (χ2n) is 7.42. The van der Waals surface area contributed by atoms with E-state index in [0.29, 0.717) is 44.2 Å². The standard InChI is InChI=1S/C21H26N2O4S/c1-16-19(18-6-4-7-20(18)23(16)9-12-24)15-17-5-2-3-8-21(17)28(25,26)22-10-13-27-14-11-22/h2-3,5,8,12H,4,6-7,9-11,13-15H2,1H3. The first kappa shape index (κ1) is 19.4. The predicted octanol–water partition coefficient (Wildman–Crippen LogP) is 2.10. The van der Waals surface area contributed by atoms with Crippen molar-refractivity contribution in [1.29, 1.82) is 0 Å². The molecule has 1 aliphatic carbocycles. The predicted molar refractivity (Wildman–Crippen MR) is 106 cm³/mol. The largest absolute Gasteiger partial charge is 0.379 e. The number of sulfonamides is 1. The summed E-state index contributed by atoms with van der Waals surface area (Å²) in [7, 11) is -3.55. The fourth-order valence-electron chi connectivity index (χ4n) is 4.51. The van der Waals surface area contributed by atoms with Crippen molar-refractivity contribution in [3.8, 4) is 0 Å². The lowest BCUT2D eigenvalue weighted by atomic mass is 10.0. The summed E-state index contributed by atoms with van der Waals surface area (Å²) in [6.45, 7) is 4.05. The van der Waals surface area contributed by atoms with Crippen molar-refractivity contribution < 1.29 is 17.9 Å². The third kappa shape index (κ3) is 3.32. The Bertz CT molecular complexity index is 988. The summed E-state index contributed by atoms with van der Waals surface area (Å²) < 4.78 is 35.4. The maximum Gasteiger partial charge on any atom is 0.243 e. The van der Waals surface area contributed by atoms with Crippen LogP contribution in [0.3, 0.4) is 0 Å². The molecule has 1 aliphatic heterocycles. The van der Waals surface area contributed by atoms with Gasteiger partial charge < -0.3 is 14.1 Å². The molecule has 0 amide bonds. The van der Waals surface area contributed by atoms with Crippen LogP contribution in [-0.2, 0) is 45.4 Å². The molecular formula is C21H26N2O4S. The second-order valence-corrected chi connectivity index (χ2v) is 9.33. The maximum atomic E-state index is 13.2. The number of ether oxygens (including phenoxy) is 1. The van der Waals surface area contributed by atoms with Crippen molar-refractivity contribution >= 4 is 16.3 Å². The molecule has 7 heteroatoms. The highest BCUT2D eigenvalue weighted by Crippen LogP contribution is 2.33. The smallest absolute Gasteiger partial charge is 0.243 e. The molecule has 0 spiro atoms. The Labute approximate surface area is 166 Å². The van der Waals surface area contributed by atoms with Gasteiger partial charge in [-0.3, -0.25) is 0 Å². The van der Waals surface area contributed by atoms with Crippen molar-refractivity contribution in [2.45, 2.75) is 44.0 Å². The van der Waals surface area contributed by atoms with Gasteiger partial charge in [0.1, 0.15) is 6.29 Å². The Balaban J connectivity index is 1.73. The van der Waals surface area contributed by atoms with Crippen LogP contribution in [0.5, 0.6) is 0 Å². The minimum absolute atomic E-state index is 0.363. The fourth-order valence-corrected chi connectivity index (χ4v) is 6.14. The van der Waals surface area contributed by atoms with Gasteiger partial charge in [-0.2, -0.15) is 4.31 Å². The number of carbonyl (C=O) groups excluding carboxylic acids is 1. The van der Waals surface area contributed by atoms with E-state index in [-0.39, 0.29) is 0 Å². The fraction of sp³-hybridized carbons (Fsp3) is 0.476. The van der Waals surface area contributed by atoms with Gasteiger partial charge in [0.15, 0.2) is 0 Å². The van der Waals surface area contributed by atoms with Gasteiger partial charge in [-0.25, -0.2) is 8.42 Å². The van der Waals surface area contributed by atoms with Crippen LogP contribution in [0.25, 0.3) is 0 Å². The molecule has 2 aliphatic rings. The first-order valence-electron chi connectivity index (χ1n) is 9.83. The van der Waals surface area contributed by atoms with Gasteiger partial charge in [-0.15, -0.1) is 0 Å². The molecule has 150 valence electrons. The highest BCUT2D eigenvalue weighted by atomic mass is 32.2. The summed E-state index contributed by atoms with van der Waals surface area (Å²) in [4.78, 5) is 11.5. The first-order valence-corrected chi connectivity index (χ1v) is 11.3. The Kier molecular flexibility index (Phi) is 5.40. The van der Waals surface area contributed by atoms with Crippen LogP contribution in [0, 0.1) is 6.92 Å². The normalized spacial score (nSPS) is 17.6. The molecule has 2 heterocycles. The minimum atomic E-state index is -3.55. The van der Waals surface area contributed by atoms with Crippen molar-refractivity contribution in [1.82, 2.24) is 8.87 Å². The van der Waals surface area contributed by atoms with E-state index in [4.69, 9.17) is 4.74 Å². The monoisotopic (exact) mass is 402 g/mol. The number of morpholine rings is 1. The number of nitrogens with zero attached hydrogens (tertiary/aromatic N) is 2. The lowest BCUT2D eigenvalue weighted by Gasteiger charge is -2.27. The van der Waals surface area contributed by atoms with Crippen LogP contribution in [0.2, 0.25) is 0 Å².